The van der Waals surface area contributed by atoms with Gasteiger partial charge in [-0.2, -0.15) is 0 Å². The number of ether oxygens (including phenoxy) is 1. The van der Waals surface area contributed by atoms with Gasteiger partial charge in [-0.05, 0) is 71.0 Å². The monoisotopic (exact) mass is 544 g/mol. The van der Waals surface area contributed by atoms with E-state index >= 15 is 0 Å². The summed E-state index contributed by atoms with van der Waals surface area (Å²) < 4.78 is 6.58. The van der Waals surface area contributed by atoms with Crippen LogP contribution in [0.5, 0.6) is 5.75 Å². The van der Waals surface area contributed by atoms with Crippen molar-refractivity contribution in [1.29, 1.82) is 0 Å². The van der Waals surface area contributed by atoms with Crippen molar-refractivity contribution in [2.24, 2.45) is 0 Å². The van der Waals surface area contributed by atoms with E-state index in [1.54, 1.807) is 0 Å². The minimum atomic E-state index is -0.211. The van der Waals surface area contributed by atoms with E-state index in [1.165, 1.54) is 22.3 Å². The summed E-state index contributed by atoms with van der Waals surface area (Å²) in [6.07, 6.45) is 12.5. The average molecular weight is 545 g/mol. The van der Waals surface area contributed by atoms with Crippen LogP contribution in [0.2, 0.25) is 0 Å². The molecule has 0 aliphatic heterocycles. The van der Waals surface area contributed by atoms with Gasteiger partial charge in [-0.3, -0.25) is 0 Å². The Balaban J connectivity index is 1.41. The smallest absolute Gasteiger partial charge is 0.149 e. The number of rotatable bonds is 10. The van der Waals surface area contributed by atoms with E-state index in [0.29, 0.717) is 0 Å². The highest BCUT2D eigenvalue weighted by Crippen LogP contribution is 2.29. The van der Waals surface area contributed by atoms with Gasteiger partial charge in [-0.25, -0.2) is 0 Å². The molecule has 0 spiro atoms. The lowest BCUT2D eigenvalue weighted by atomic mass is 10.00. The lowest BCUT2D eigenvalue weighted by Gasteiger charge is -2.20. The zero-order valence-corrected chi connectivity index (χ0v) is 24.3. The van der Waals surface area contributed by atoms with Gasteiger partial charge in [0, 0.05) is 0 Å². The summed E-state index contributed by atoms with van der Waals surface area (Å²) in [5, 5.41) is 0. The van der Waals surface area contributed by atoms with Crippen LogP contribution in [0.15, 0.2) is 152 Å². The van der Waals surface area contributed by atoms with Crippen LogP contribution in [0.25, 0.3) is 24.3 Å². The first-order valence-corrected chi connectivity index (χ1v) is 14.3. The molecule has 1 nitrogen and oxygen atoms in total. The third-order valence-corrected chi connectivity index (χ3v) is 7.10. The zero-order valence-electron chi connectivity index (χ0n) is 24.3. The SMILES string of the molecule is C=Cc1ccc(C(Oc2ccc(C=C(C=Cc3ccc(C)cc3)C=Cc3cccc(C)c3)cc2)c2ccccc2)cc1. The first kappa shape index (κ1) is 28.4. The van der Waals surface area contributed by atoms with E-state index in [4.69, 9.17) is 4.74 Å². The van der Waals surface area contributed by atoms with Gasteiger partial charge in [-0.15, -0.1) is 0 Å². The minimum Gasteiger partial charge on any atom is -0.481 e. The molecule has 42 heavy (non-hydrogen) atoms. The van der Waals surface area contributed by atoms with Crippen LogP contribution in [-0.4, -0.2) is 0 Å². The first-order chi connectivity index (χ1) is 20.6. The summed E-state index contributed by atoms with van der Waals surface area (Å²) in [5.41, 5.74) is 10.4. The Morgan fingerprint density at radius 2 is 1.19 bits per heavy atom. The highest BCUT2D eigenvalue weighted by Gasteiger charge is 2.16. The van der Waals surface area contributed by atoms with Crippen LogP contribution in [0.1, 0.15) is 50.6 Å². The van der Waals surface area contributed by atoms with Crippen molar-refractivity contribution >= 4 is 24.3 Å². The molecule has 5 rings (SSSR count). The lowest BCUT2D eigenvalue weighted by molar-refractivity contribution is 0.247. The molecule has 0 aliphatic rings. The Morgan fingerprint density at radius 1 is 0.571 bits per heavy atom. The van der Waals surface area contributed by atoms with Gasteiger partial charge in [0.05, 0.1) is 0 Å². The third-order valence-electron chi connectivity index (χ3n) is 7.10. The molecule has 1 heteroatoms. The van der Waals surface area contributed by atoms with Crippen LogP contribution in [0, 0.1) is 13.8 Å². The topological polar surface area (TPSA) is 9.23 Å². The van der Waals surface area contributed by atoms with E-state index < -0.39 is 0 Å². The maximum atomic E-state index is 6.58. The Kier molecular flexibility index (Phi) is 9.44. The van der Waals surface area contributed by atoms with E-state index in [2.05, 4.69) is 148 Å². The summed E-state index contributed by atoms with van der Waals surface area (Å²) in [7, 11) is 0. The second-order valence-corrected chi connectivity index (χ2v) is 10.5. The van der Waals surface area contributed by atoms with Crippen molar-refractivity contribution in [2.75, 3.05) is 0 Å². The van der Waals surface area contributed by atoms with Gasteiger partial charge in [0.15, 0.2) is 0 Å². The fourth-order valence-electron chi connectivity index (χ4n) is 4.72. The summed E-state index contributed by atoms with van der Waals surface area (Å²) in [6.45, 7) is 8.10. The summed E-state index contributed by atoms with van der Waals surface area (Å²) in [4.78, 5) is 0. The minimum absolute atomic E-state index is 0.211. The van der Waals surface area contributed by atoms with Crippen LogP contribution in [-0.2, 0) is 0 Å². The predicted molar refractivity (Wildman–Crippen MR) is 180 cm³/mol. The molecule has 0 saturated heterocycles. The highest BCUT2D eigenvalue weighted by molar-refractivity contribution is 5.68. The first-order valence-electron chi connectivity index (χ1n) is 14.3. The lowest BCUT2D eigenvalue weighted by Crippen LogP contribution is -2.09. The molecule has 1 unspecified atom stereocenters. The number of benzene rings is 5. The van der Waals surface area contributed by atoms with E-state index in [1.807, 2.05) is 36.4 Å². The summed E-state index contributed by atoms with van der Waals surface area (Å²) in [5.74, 6) is 0.820. The Morgan fingerprint density at radius 3 is 1.86 bits per heavy atom. The number of aryl methyl sites for hydroxylation is 2. The molecule has 0 aliphatic carbocycles. The molecule has 0 N–H and O–H groups in total. The van der Waals surface area contributed by atoms with Crippen molar-refractivity contribution in [3.8, 4) is 5.75 Å². The second-order valence-electron chi connectivity index (χ2n) is 10.5. The van der Waals surface area contributed by atoms with Gasteiger partial charge in [0.1, 0.15) is 11.9 Å². The van der Waals surface area contributed by atoms with Crippen LogP contribution in [0.3, 0.4) is 0 Å². The number of hydrogen-bond acceptors (Lipinski definition) is 1. The predicted octanol–water partition coefficient (Wildman–Crippen LogP) is 10.9. The fraction of sp³-hybridized carbons (Fsp3) is 0.0732. The van der Waals surface area contributed by atoms with Gasteiger partial charge < -0.3 is 4.74 Å². The normalized spacial score (nSPS) is 12.5. The molecule has 1 atom stereocenters. The summed E-state index contributed by atoms with van der Waals surface area (Å²) >= 11 is 0. The largest absolute Gasteiger partial charge is 0.481 e. The molecule has 206 valence electrons. The van der Waals surface area contributed by atoms with E-state index in [9.17, 15) is 0 Å². The molecule has 0 amide bonds. The maximum Gasteiger partial charge on any atom is 0.149 e. The molecule has 0 fully saturated rings. The number of hydrogen-bond donors (Lipinski definition) is 0. The van der Waals surface area contributed by atoms with Crippen molar-refractivity contribution in [1.82, 2.24) is 0 Å². The van der Waals surface area contributed by atoms with Gasteiger partial charge in [0.2, 0.25) is 0 Å². The van der Waals surface area contributed by atoms with Crippen molar-refractivity contribution in [3.05, 3.63) is 196 Å². The molecule has 0 saturated carbocycles. The molecule has 0 bridgehead atoms. The van der Waals surface area contributed by atoms with E-state index in [0.717, 1.165) is 33.6 Å². The standard InChI is InChI=1S/C41H36O/c1-4-33-21-25-39(26-22-33)41(38-11-6-5-7-12-38)42-40-27-23-37(24-28-40)30-36(18-17-34-15-13-31(2)14-16-34)20-19-35-10-8-9-32(3)29-35/h4-30,41H,1H2,2-3H3. The average Bonchev–Trinajstić information content (AvgIpc) is 3.03. The molecular formula is C41H36O. The van der Waals surface area contributed by atoms with Gasteiger partial charge >= 0.3 is 0 Å². The van der Waals surface area contributed by atoms with Gasteiger partial charge in [0.25, 0.3) is 0 Å². The van der Waals surface area contributed by atoms with Gasteiger partial charge in [-0.1, -0.05) is 163 Å². The van der Waals surface area contributed by atoms with Crippen LogP contribution >= 0.6 is 0 Å². The van der Waals surface area contributed by atoms with Crippen LogP contribution in [0.4, 0.5) is 0 Å². The fourth-order valence-corrected chi connectivity index (χ4v) is 4.72. The Bertz CT molecular complexity index is 1680. The second kappa shape index (κ2) is 14.0. The van der Waals surface area contributed by atoms with Crippen LogP contribution < -0.4 is 4.74 Å². The highest BCUT2D eigenvalue weighted by atomic mass is 16.5. The molecule has 5 aromatic rings. The molecule has 0 aromatic heterocycles. The molecule has 0 radical (unpaired) electrons. The molecular weight excluding hydrogens is 508 g/mol. The third kappa shape index (κ3) is 7.96. The maximum absolute atomic E-state index is 6.58. The number of allylic oxidation sites excluding steroid dienone is 3. The van der Waals surface area contributed by atoms with E-state index in [-0.39, 0.29) is 6.10 Å². The Labute approximate surface area is 250 Å². The van der Waals surface area contributed by atoms with Crippen molar-refractivity contribution in [2.45, 2.75) is 20.0 Å². The summed E-state index contributed by atoms with van der Waals surface area (Å²) in [6, 6.07) is 44.1. The Hall–Kier alpha value is -5.14. The quantitative estimate of drug-likeness (QED) is 0.159. The van der Waals surface area contributed by atoms with Crippen molar-refractivity contribution < 1.29 is 4.74 Å². The molecule has 0 heterocycles. The zero-order chi connectivity index (χ0) is 29.1. The molecule has 5 aromatic carbocycles. The van der Waals surface area contributed by atoms with Crippen molar-refractivity contribution in [3.63, 3.8) is 0 Å².